The van der Waals surface area contributed by atoms with Crippen molar-refractivity contribution in [3.63, 3.8) is 0 Å². The van der Waals surface area contributed by atoms with E-state index in [1.807, 2.05) is 24.3 Å². The average Bonchev–Trinajstić information content (AvgIpc) is 2.72. The maximum atomic E-state index is 12.5. The molecule has 1 N–H and O–H groups in total. The summed E-state index contributed by atoms with van der Waals surface area (Å²) < 4.78 is 10.5. The number of amides is 1. The molecule has 8 nitrogen and oxygen atoms in total. The highest BCUT2D eigenvalue weighted by molar-refractivity contribution is 6.02. The number of carbonyl (C=O) groups excluding carboxylic acids is 1. The van der Waals surface area contributed by atoms with Gasteiger partial charge in [-0.1, -0.05) is 24.3 Å². The minimum Gasteiger partial charge on any atom is -0.496 e. The summed E-state index contributed by atoms with van der Waals surface area (Å²) in [5.41, 5.74) is 2.99. The second-order valence-corrected chi connectivity index (χ2v) is 5.78. The molecular formula is C20H17N3O5. The molecule has 0 saturated heterocycles. The van der Waals surface area contributed by atoms with Crippen LogP contribution in [0, 0.1) is 10.1 Å². The number of methoxy groups -OCH3 is 2. The van der Waals surface area contributed by atoms with Gasteiger partial charge in [0, 0.05) is 17.7 Å². The van der Waals surface area contributed by atoms with Crippen LogP contribution in [0.3, 0.4) is 0 Å². The van der Waals surface area contributed by atoms with Crippen molar-refractivity contribution in [2.45, 2.75) is 0 Å². The van der Waals surface area contributed by atoms with E-state index in [4.69, 9.17) is 9.47 Å². The molecule has 0 bridgehead atoms. The first-order valence-electron chi connectivity index (χ1n) is 8.26. The van der Waals surface area contributed by atoms with Crippen LogP contribution in [0.5, 0.6) is 11.5 Å². The van der Waals surface area contributed by atoms with Crippen molar-refractivity contribution in [3.05, 3.63) is 75.8 Å². The number of ether oxygens (including phenoxy) is 2. The Labute approximate surface area is 160 Å². The van der Waals surface area contributed by atoms with Gasteiger partial charge in [0.25, 0.3) is 11.6 Å². The quantitative estimate of drug-likeness (QED) is 0.401. The number of carbonyl (C=O) groups is 1. The number of hydrazone groups is 1. The summed E-state index contributed by atoms with van der Waals surface area (Å²) in [4.78, 5) is 23.0. The predicted octanol–water partition coefficient (Wildman–Crippen LogP) is 3.53. The van der Waals surface area contributed by atoms with Crippen LogP contribution < -0.4 is 14.9 Å². The molecule has 0 saturated carbocycles. The average molecular weight is 379 g/mol. The van der Waals surface area contributed by atoms with E-state index in [1.165, 1.54) is 38.6 Å². The molecular weight excluding hydrogens is 362 g/mol. The van der Waals surface area contributed by atoms with E-state index in [2.05, 4.69) is 10.5 Å². The minimum absolute atomic E-state index is 0.107. The molecule has 0 aliphatic carbocycles. The van der Waals surface area contributed by atoms with E-state index in [0.717, 1.165) is 10.8 Å². The first-order chi connectivity index (χ1) is 13.5. The molecule has 0 fully saturated rings. The number of nitro groups is 1. The fraction of sp³-hybridized carbons (Fsp3) is 0.100. The van der Waals surface area contributed by atoms with Crippen LogP contribution >= 0.6 is 0 Å². The van der Waals surface area contributed by atoms with Gasteiger partial charge >= 0.3 is 0 Å². The van der Waals surface area contributed by atoms with Crippen molar-refractivity contribution >= 4 is 28.6 Å². The van der Waals surface area contributed by atoms with Crippen LogP contribution in [0.1, 0.15) is 15.9 Å². The van der Waals surface area contributed by atoms with E-state index in [9.17, 15) is 14.9 Å². The molecule has 3 aromatic rings. The molecule has 3 rings (SSSR count). The predicted molar refractivity (Wildman–Crippen MR) is 105 cm³/mol. The van der Waals surface area contributed by atoms with Crippen molar-refractivity contribution in [2.75, 3.05) is 14.2 Å². The zero-order chi connectivity index (χ0) is 20.1. The summed E-state index contributed by atoms with van der Waals surface area (Å²) in [5, 5.41) is 16.7. The lowest BCUT2D eigenvalue weighted by atomic mass is 10.1. The van der Waals surface area contributed by atoms with Gasteiger partial charge in [-0.25, -0.2) is 5.43 Å². The smallest absolute Gasteiger partial charge is 0.275 e. The molecule has 0 aliphatic rings. The number of nitrogens with zero attached hydrogens (tertiary/aromatic N) is 2. The Morgan fingerprint density at radius 2 is 1.71 bits per heavy atom. The highest BCUT2D eigenvalue weighted by Crippen LogP contribution is 2.26. The third-order valence-electron chi connectivity index (χ3n) is 4.11. The summed E-state index contributed by atoms with van der Waals surface area (Å²) in [7, 11) is 2.93. The van der Waals surface area contributed by atoms with Gasteiger partial charge in [0.1, 0.15) is 11.5 Å². The molecule has 142 valence electrons. The number of rotatable bonds is 6. The molecule has 0 radical (unpaired) electrons. The number of hydrogen-bond acceptors (Lipinski definition) is 6. The number of non-ortho nitro benzene ring substituents is 1. The molecule has 0 aromatic heterocycles. The highest BCUT2D eigenvalue weighted by Gasteiger charge is 2.14. The van der Waals surface area contributed by atoms with E-state index < -0.39 is 10.8 Å². The number of nitro benzene ring substituents is 1. The van der Waals surface area contributed by atoms with Crippen LogP contribution in [0.2, 0.25) is 0 Å². The Kier molecular flexibility index (Phi) is 5.50. The maximum Gasteiger partial charge on any atom is 0.275 e. The summed E-state index contributed by atoms with van der Waals surface area (Å²) >= 11 is 0. The lowest BCUT2D eigenvalue weighted by molar-refractivity contribution is -0.384. The van der Waals surface area contributed by atoms with Gasteiger partial charge in [0.2, 0.25) is 0 Å². The van der Waals surface area contributed by atoms with Gasteiger partial charge in [-0.3, -0.25) is 14.9 Å². The third-order valence-corrected chi connectivity index (χ3v) is 4.11. The molecule has 3 aromatic carbocycles. The first-order valence-corrected chi connectivity index (χ1v) is 8.26. The number of fused-ring (bicyclic) bond motifs is 1. The Morgan fingerprint density at radius 3 is 2.36 bits per heavy atom. The maximum absolute atomic E-state index is 12.5. The number of hydrogen-bond donors (Lipinski definition) is 1. The van der Waals surface area contributed by atoms with E-state index in [0.29, 0.717) is 22.6 Å². The van der Waals surface area contributed by atoms with E-state index in [1.54, 1.807) is 12.1 Å². The van der Waals surface area contributed by atoms with Crippen molar-refractivity contribution in [1.82, 2.24) is 5.43 Å². The van der Waals surface area contributed by atoms with Crippen molar-refractivity contribution in [2.24, 2.45) is 5.10 Å². The number of nitrogens with one attached hydrogen (secondary N) is 1. The van der Waals surface area contributed by atoms with Gasteiger partial charge in [0.15, 0.2) is 0 Å². The topological polar surface area (TPSA) is 103 Å². The molecule has 0 unspecified atom stereocenters. The third kappa shape index (κ3) is 3.90. The SMILES string of the molecule is COc1ccc([N+](=O)[O-])cc1C=NNC(=O)c1cc2ccccc2cc1OC. The van der Waals surface area contributed by atoms with E-state index in [-0.39, 0.29) is 5.69 Å². The highest BCUT2D eigenvalue weighted by atomic mass is 16.6. The zero-order valence-corrected chi connectivity index (χ0v) is 15.2. The van der Waals surface area contributed by atoms with Crippen molar-refractivity contribution < 1.29 is 19.2 Å². The largest absolute Gasteiger partial charge is 0.496 e. The minimum atomic E-state index is -0.519. The number of benzene rings is 3. The van der Waals surface area contributed by atoms with Gasteiger partial charge in [-0.2, -0.15) is 5.10 Å². The van der Waals surface area contributed by atoms with Gasteiger partial charge < -0.3 is 9.47 Å². The Balaban J connectivity index is 1.85. The molecule has 0 spiro atoms. The fourth-order valence-corrected chi connectivity index (χ4v) is 2.72. The lowest BCUT2D eigenvalue weighted by Gasteiger charge is -2.09. The Hall–Kier alpha value is -3.94. The van der Waals surface area contributed by atoms with Crippen LogP contribution in [0.4, 0.5) is 5.69 Å². The van der Waals surface area contributed by atoms with Gasteiger partial charge in [0.05, 0.1) is 30.9 Å². The van der Waals surface area contributed by atoms with Crippen LogP contribution in [-0.4, -0.2) is 31.3 Å². The second-order valence-electron chi connectivity index (χ2n) is 5.78. The van der Waals surface area contributed by atoms with Gasteiger partial charge in [-0.05, 0) is 29.0 Å². The first kappa shape index (κ1) is 18.8. The van der Waals surface area contributed by atoms with Crippen LogP contribution in [-0.2, 0) is 0 Å². The summed E-state index contributed by atoms with van der Waals surface area (Å²) in [6.07, 6.45) is 1.29. The molecule has 0 atom stereocenters. The molecule has 8 heteroatoms. The molecule has 28 heavy (non-hydrogen) atoms. The van der Waals surface area contributed by atoms with Crippen molar-refractivity contribution in [3.8, 4) is 11.5 Å². The van der Waals surface area contributed by atoms with Gasteiger partial charge in [-0.15, -0.1) is 0 Å². The second kappa shape index (κ2) is 8.17. The van der Waals surface area contributed by atoms with Crippen molar-refractivity contribution in [1.29, 1.82) is 0 Å². The Bertz CT molecular complexity index is 1080. The molecule has 1 amide bonds. The Morgan fingerprint density at radius 1 is 1.04 bits per heavy atom. The standard InChI is InChI=1S/C20H17N3O5/c1-27-18-8-7-16(23(25)26)9-15(18)12-21-22-20(24)17-10-13-5-3-4-6-14(13)11-19(17)28-2/h3-12H,1-2H3,(H,22,24). The fourth-order valence-electron chi connectivity index (χ4n) is 2.72. The summed E-state index contributed by atoms with van der Waals surface area (Å²) in [6, 6.07) is 15.2. The molecule has 0 aliphatic heterocycles. The van der Waals surface area contributed by atoms with Crippen LogP contribution in [0.15, 0.2) is 59.7 Å². The zero-order valence-electron chi connectivity index (χ0n) is 15.2. The lowest BCUT2D eigenvalue weighted by Crippen LogP contribution is -2.18. The van der Waals surface area contributed by atoms with E-state index >= 15 is 0 Å². The van der Waals surface area contributed by atoms with Crippen LogP contribution in [0.25, 0.3) is 10.8 Å². The summed E-state index contributed by atoms with van der Waals surface area (Å²) in [5.74, 6) is 0.342. The molecule has 0 heterocycles. The monoisotopic (exact) mass is 379 g/mol. The normalized spacial score (nSPS) is 10.8. The summed E-state index contributed by atoms with van der Waals surface area (Å²) in [6.45, 7) is 0.